The summed E-state index contributed by atoms with van der Waals surface area (Å²) in [5, 5.41) is 0. The standard InChI is InChI=1S/C22H27NO4S/c1-23(22(24)19-5-3-2-4-6-19)20-13-9-17(10-14-20)7-8-18-11-15-21(16-12-18)28(25,26)27/h2-6,11-12,15-17,20H,7-10,13-14H2,1H3,(H,25,26,27). The maximum absolute atomic E-state index is 12.6. The first-order chi connectivity index (χ1) is 13.3. The van der Waals surface area contributed by atoms with Gasteiger partial charge in [-0.2, -0.15) is 8.42 Å². The predicted molar refractivity (Wildman–Crippen MR) is 109 cm³/mol. The summed E-state index contributed by atoms with van der Waals surface area (Å²) < 4.78 is 31.2. The molecule has 0 atom stereocenters. The number of hydrogen-bond acceptors (Lipinski definition) is 3. The highest BCUT2D eigenvalue weighted by Crippen LogP contribution is 2.31. The molecule has 5 nitrogen and oxygen atoms in total. The lowest BCUT2D eigenvalue weighted by molar-refractivity contribution is 0.0673. The summed E-state index contributed by atoms with van der Waals surface area (Å²) in [5.41, 5.74) is 1.81. The van der Waals surface area contributed by atoms with E-state index in [2.05, 4.69) is 0 Å². The fourth-order valence-electron chi connectivity index (χ4n) is 3.97. The smallest absolute Gasteiger partial charge is 0.294 e. The van der Waals surface area contributed by atoms with Crippen LogP contribution >= 0.6 is 0 Å². The highest BCUT2D eigenvalue weighted by Gasteiger charge is 2.26. The fourth-order valence-corrected chi connectivity index (χ4v) is 4.45. The van der Waals surface area contributed by atoms with Crippen molar-refractivity contribution < 1.29 is 17.8 Å². The maximum atomic E-state index is 12.6. The Morgan fingerprint density at radius 2 is 1.61 bits per heavy atom. The van der Waals surface area contributed by atoms with Crippen molar-refractivity contribution in [3.8, 4) is 0 Å². The van der Waals surface area contributed by atoms with Gasteiger partial charge in [0.15, 0.2) is 0 Å². The third-order valence-electron chi connectivity index (χ3n) is 5.77. The predicted octanol–water partition coefficient (Wildman–Crippen LogP) is 4.20. The Bertz CT molecular complexity index is 886. The Morgan fingerprint density at radius 3 is 2.18 bits per heavy atom. The van der Waals surface area contributed by atoms with Gasteiger partial charge in [0.25, 0.3) is 16.0 Å². The van der Waals surface area contributed by atoms with E-state index in [1.165, 1.54) is 12.1 Å². The number of aryl methyl sites for hydroxylation is 1. The molecule has 0 aliphatic heterocycles. The molecule has 1 aliphatic carbocycles. The average Bonchev–Trinajstić information content (AvgIpc) is 2.72. The Kier molecular flexibility index (Phi) is 6.52. The number of amides is 1. The third kappa shape index (κ3) is 5.20. The van der Waals surface area contributed by atoms with Crippen molar-refractivity contribution in [1.82, 2.24) is 4.90 Å². The SMILES string of the molecule is CN(C(=O)c1ccccc1)C1CCC(CCc2ccc(S(=O)(=O)O)cc2)CC1. The summed E-state index contributed by atoms with van der Waals surface area (Å²) in [4.78, 5) is 14.4. The van der Waals surface area contributed by atoms with E-state index < -0.39 is 10.1 Å². The maximum Gasteiger partial charge on any atom is 0.294 e. The van der Waals surface area contributed by atoms with Crippen molar-refractivity contribution in [3.05, 3.63) is 65.7 Å². The quantitative estimate of drug-likeness (QED) is 0.736. The molecule has 0 unspecified atom stereocenters. The monoisotopic (exact) mass is 401 g/mol. The van der Waals surface area contributed by atoms with Gasteiger partial charge in [0, 0.05) is 18.7 Å². The normalized spacial score (nSPS) is 19.9. The lowest BCUT2D eigenvalue weighted by Crippen LogP contribution is -2.39. The van der Waals surface area contributed by atoms with Crippen molar-refractivity contribution in [2.45, 2.75) is 49.5 Å². The number of hydrogen-bond donors (Lipinski definition) is 1. The van der Waals surface area contributed by atoms with Crippen molar-refractivity contribution in [1.29, 1.82) is 0 Å². The van der Waals surface area contributed by atoms with Gasteiger partial charge < -0.3 is 4.90 Å². The van der Waals surface area contributed by atoms with Crippen molar-refractivity contribution in [2.75, 3.05) is 7.05 Å². The lowest BCUT2D eigenvalue weighted by Gasteiger charge is -2.35. The van der Waals surface area contributed by atoms with Crippen LogP contribution < -0.4 is 0 Å². The van der Waals surface area contributed by atoms with E-state index in [1.807, 2.05) is 42.3 Å². The molecule has 1 fully saturated rings. The van der Waals surface area contributed by atoms with Crippen LogP contribution in [0.1, 0.15) is 48.0 Å². The van der Waals surface area contributed by atoms with Gasteiger partial charge in [0.1, 0.15) is 0 Å². The zero-order valence-electron chi connectivity index (χ0n) is 16.1. The molecular weight excluding hydrogens is 374 g/mol. The minimum atomic E-state index is -4.13. The molecule has 1 saturated carbocycles. The number of carbonyl (C=O) groups excluding carboxylic acids is 1. The molecule has 1 aliphatic rings. The van der Waals surface area contributed by atoms with Crippen LogP contribution in [0.25, 0.3) is 0 Å². The van der Waals surface area contributed by atoms with E-state index in [1.54, 1.807) is 12.1 Å². The molecule has 1 amide bonds. The summed E-state index contributed by atoms with van der Waals surface area (Å²) in [6.45, 7) is 0. The number of rotatable bonds is 6. The average molecular weight is 402 g/mol. The number of benzene rings is 2. The molecule has 0 spiro atoms. The van der Waals surface area contributed by atoms with Crippen LogP contribution in [-0.4, -0.2) is 36.9 Å². The largest absolute Gasteiger partial charge is 0.339 e. The van der Waals surface area contributed by atoms with E-state index >= 15 is 0 Å². The van der Waals surface area contributed by atoms with Gasteiger partial charge in [-0.1, -0.05) is 30.3 Å². The van der Waals surface area contributed by atoms with E-state index in [9.17, 15) is 13.2 Å². The Morgan fingerprint density at radius 1 is 1.00 bits per heavy atom. The molecule has 28 heavy (non-hydrogen) atoms. The summed E-state index contributed by atoms with van der Waals surface area (Å²) in [5.74, 6) is 0.709. The van der Waals surface area contributed by atoms with Crippen molar-refractivity contribution in [3.63, 3.8) is 0 Å². The van der Waals surface area contributed by atoms with Crippen molar-refractivity contribution >= 4 is 16.0 Å². The van der Waals surface area contributed by atoms with Crippen LogP contribution in [0, 0.1) is 5.92 Å². The second kappa shape index (κ2) is 8.88. The first-order valence-corrected chi connectivity index (χ1v) is 11.2. The van der Waals surface area contributed by atoms with Crippen LogP contribution in [-0.2, 0) is 16.5 Å². The van der Waals surface area contributed by atoms with Gasteiger partial charge >= 0.3 is 0 Å². The molecule has 1 N–H and O–H groups in total. The molecule has 3 rings (SSSR count). The van der Waals surface area contributed by atoms with Crippen LogP contribution in [0.15, 0.2) is 59.5 Å². The zero-order chi connectivity index (χ0) is 20.1. The summed E-state index contributed by atoms with van der Waals surface area (Å²) in [7, 11) is -2.23. The second-order valence-electron chi connectivity index (χ2n) is 7.61. The van der Waals surface area contributed by atoms with Gasteiger partial charge in [0.2, 0.25) is 0 Å². The highest BCUT2D eigenvalue weighted by molar-refractivity contribution is 7.85. The molecule has 0 bridgehead atoms. The van der Waals surface area contributed by atoms with Gasteiger partial charge in [-0.15, -0.1) is 0 Å². The van der Waals surface area contributed by atoms with Crippen molar-refractivity contribution in [2.24, 2.45) is 5.92 Å². The van der Waals surface area contributed by atoms with Gasteiger partial charge in [-0.25, -0.2) is 0 Å². The van der Waals surface area contributed by atoms with Gasteiger partial charge in [-0.05, 0) is 74.3 Å². The Hall–Kier alpha value is -2.18. The molecule has 0 heterocycles. The summed E-state index contributed by atoms with van der Waals surface area (Å²) in [6, 6.07) is 16.1. The molecule has 2 aromatic carbocycles. The van der Waals surface area contributed by atoms with Crippen LogP contribution in [0.4, 0.5) is 0 Å². The van der Waals surface area contributed by atoms with E-state index in [4.69, 9.17) is 4.55 Å². The molecule has 0 aromatic heterocycles. The topological polar surface area (TPSA) is 74.7 Å². The van der Waals surface area contributed by atoms with Gasteiger partial charge in [0.05, 0.1) is 4.90 Å². The third-order valence-corrected chi connectivity index (χ3v) is 6.64. The molecule has 0 saturated heterocycles. The second-order valence-corrected chi connectivity index (χ2v) is 9.04. The first-order valence-electron chi connectivity index (χ1n) is 9.73. The number of carbonyl (C=O) groups is 1. The Balaban J connectivity index is 1.47. The van der Waals surface area contributed by atoms with E-state index in [0.29, 0.717) is 5.92 Å². The molecule has 0 radical (unpaired) electrons. The van der Waals surface area contributed by atoms with Crippen LogP contribution in [0.5, 0.6) is 0 Å². The Labute approximate surface area is 167 Å². The summed E-state index contributed by atoms with van der Waals surface area (Å²) in [6.07, 6.45) is 6.16. The van der Waals surface area contributed by atoms with E-state index in [-0.39, 0.29) is 16.8 Å². The minimum Gasteiger partial charge on any atom is -0.339 e. The molecular formula is C22H27NO4S. The fraction of sp³-hybridized carbons (Fsp3) is 0.409. The van der Waals surface area contributed by atoms with Crippen LogP contribution in [0.2, 0.25) is 0 Å². The zero-order valence-corrected chi connectivity index (χ0v) is 16.9. The van der Waals surface area contributed by atoms with Gasteiger partial charge in [-0.3, -0.25) is 9.35 Å². The molecule has 2 aromatic rings. The van der Waals surface area contributed by atoms with E-state index in [0.717, 1.165) is 49.7 Å². The first kappa shape index (κ1) is 20.6. The number of nitrogens with zero attached hydrogens (tertiary/aromatic N) is 1. The summed E-state index contributed by atoms with van der Waals surface area (Å²) >= 11 is 0. The molecule has 150 valence electrons. The van der Waals surface area contributed by atoms with Crippen LogP contribution in [0.3, 0.4) is 0 Å². The lowest BCUT2D eigenvalue weighted by atomic mass is 9.82. The minimum absolute atomic E-state index is 0.0668. The highest BCUT2D eigenvalue weighted by atomic mass is 32.2. The molecule has 6 heteroatoms.